The second-order valence-corrected chi connectivity index (χ2v) is 7.66. The molecule has 0 radical (unpaired) electrons. The van der Waals surface area contributed by atoms with Crippen molar-refractivity contribution in [2.24, 2.45) is 13.0 Å². The third-order valence-electron chi connectivity index (χ3n) is 5.62. The molecule has 27 heavy (non-hydrogen) atoms. The number of nitrogens with zero attached hydrogens (tertiary/aromatic N) is 6. The molecule has 5 rings (SSSR count). The quantitative estimate of drug-likeness (QED) is 0.732. The van der Waals surface area contributed by atoms with Crippen LogP contribution in [0.3, 0.4) is 0 Å². The van der Waals surface area contributed by atoms with Crippen molar-refractivity contribution in [2.45, 2.75) is 24.8 Å². The van der Waals surface area contributed by atoms with E-state index < -0.39 is 0 Å². The summed E-state index contributed by atoms with van der Waals surface area (Å²) in [5.74, 6) is 1.02. The van der Waals surface area contributed by atoms with Gasteiger partial charge in [0.25, 0.3) is 5.91 Å². The number of amides is 1. The molecular formula is C19H23N7O. The average Bonchev–Trinajstić information content (AvgIpc) is 3.07. The molecule has 0 aromatic carbocycles. The molecule has 1 aliphatic heterocycles. The van der Waals surface area contributed by atoms with Crippen LogP contribution in [0.5, 0.6) is 0 Å². The number of likely N-dealkylation sites (tertiary alicyclic amines) is 1. The molecule has 1 amide bonds. The average molecular weight is 365 g/mol. The topological polar surface area (TPSA) is 80.4 Å². The highest BCUT2D eigenvalue weighted by atomic mass is 16.2. The Labute approximate surface area is 157 Å². The van der Waals surface area contributed by atoms with E-state index in [1.54, 1.807) is 16.9 Å². The summed E-state index contributed by atoms with van der Waals surface area (Å²) in [5.41, 5.74) is 2.38. The highest BCUT2D eigenvalue weighted by molar-refractivity contribution is 5.93. The van der Waals surface area contributed by atoms with Gasteiger partial charge in [-0.15, -0.1) is 0 Å². The summed E-state index contributed by atoms with van der Waals surface area (Å²) >= 11 is 0. The lowest BCUT2D eigenvalue weighted by molar-refractivity contribution is 0.0779. The second-order valence-electron chi connectivity index (χ2n) is 7.66. The summed E-state index contributed by atoms with van der Waals surface area (Å²) in [4.78, 5) is 19.4. The molecule has 1 N–H and O–H groups in total. The fourth-order valence-corrected chi connectivity index (χ4v) is 3.92. The van der Waals surface area contributed by atoms with Crippen molar-refractivity contribution in [1.82, 2.24) is 34.6 Å². The standard InChI is InChI=1S/C19H23N7O/c1-24-10-14(8-23-24)15-11-25(12-16(15)20-7-13-4-5-13)19(27)17-9-21-18-3-2-6-22-26(17)18/h2-3,6,8-10,13,15-16,20H,4-5,7,11-12H2,1H3/t15-,16+/m0/s1. The van der Waals surface area contributed by atoms with Crippen LogP contribution in [0.15, 0.2) is 36.9 Å². The number of hydrogen-bond donors (Lipinski definition) is 1. The number of hydrogen-bond acceptors (Lipinski definition) is 5. The summed E-state index contributed by atoms with van der Waals surface area (Å²) in [6.07, 6.45) is 9.89. The highest BCUT2D eigenvalue weighted by Gasteiger charge is 2.38. The van der Waals surface area contributed by atoms with Gasteiger partial charge in [-0.1, -0.05) is 0 Å². The van der Waals surface area contributed by atoms with E-state index in [1.165, 1.54) is 18.4 Å². The Morgan fingerprint density at radius 1 is 1.26 bits per heavy atom. The molecule has 2 fully saturated rings. The molecule has 3 aromatic heterocycles. The van der Waals surface area contributed by atoms with Crippen LogP contribution < -0.4 is 5.32 Å². The number of fused-ring (bicyclic) bond motifs is 1. The van der Waals surface area contributed by atoms with E-state index in [1.807, 2.05) is 35.0 Å². The Kier molecular flexibility index (Phi) is 3.93. The Bertz CT molecular complexity index is 973. The molecule has 8 heteroatoms. The maximum atomic E-state index is 13.2. The molecule has 1 saturated carbocycles. The molecule has 0 spiro atoms. The van der Waals surface area contributed by atoms with Crippen LogP contribution in [0, 0.1) is 5.92 Å². The predicted molar refractivity (Wildman–Crippen MR) is 99.4 cm³/mol. The van der Waals surface area contributed by atoms with Gasteiger partial charge in [-0.25, -0.2) is 9.50 Å². The number of rotatable bonds is 5. The molecule has 1 saturated heterocycles. The van der Waals surface area contributed by atoms with E-state index in [0.29, 0.717) is 24.4 Å². The maximum absolute atomic E-state index is 13.2. The van der Waals surface area contributed by atoms with Gasteiger partial charge in [0.05, 0.1) is 12.4 Å². The Balaban J connectivity index is 1.39. The number of carbonyl (C=O) groups is 1. The number of aromatic nitrogens is 5. The van der Waals surface area contributed by atoms with Crippen molar-refractivity contribution in [3.63, 3.8) is 0 Å². The molecule has 0 bridgehead atoms. The summed E-state index contributed by atoms with van der Waals surface area (Å²) < 4.78 is 3.44. The van der Waals surface area contributed by atoms with Crippen molar-refractivity contribution in [2.75, 3.05) is 19.6 Å². The molecule has 1 aliphatic carbocycles. The van der Waals surface area contributed by atoms with Gasteiger partial charge < -0.3 is 10.2 Å². The first-order chi connectivity index (χ1) is 13.2. The number of imidazole rings is 1. The Hall–Kier alpha value is -2.74. The zero-order valence-electron chi connectivity index (χ0n) is 15.3. The summed E-state index contributed by atoms with van der Waals surface area (Å²) in [6, 6.07) is 3.92. The van der Waals surface area contributed by atoms with Gasteiger partial charge in [-0.05, 0) is 43.0 Å². The third kappa shape index (κ3) is 3.10. The lowest BCUT2D eigenvalue weighted by atomic mass is 9.97. The fourth-order valence-electron chi connectivity index (χ4n) is 3.92. The molecule has 3 aromatic rings. The van der Waals surface area contributed by atoms with Gasteiger partial charge in [-0.2, -0.15) is 10.2 Å². The third-order valence-corrected chi connectivity index (χ3v) is 5.62. The maximum Gasteiger partial charge on any atom is 0.274 e. The van der Waals surface area contributed by atoms with Crippen molar-refractivity contribution in [3.05, 3.63) is 48.2 Å². The molecule has 2 aliphatic rings. The largest absolute Gasteiger partial charge is 0.335 e. The number of aryl methyl sites for hydroxylation is 1. The highest BCUT2D eigenvalue weighted by Crippen LogP contribution is 2.31. The van der Waals surface area contributed by atoms with Crippen LogP contribution in [-0.4, -0.2) is 60.9 Å². The monoisotopic (exact) mass is 365 g/mol. The van der Waals surface area contributed by atoms with Gasteiger partial charge in [0.1, 0.15) is 0 Å². The van der Waals surface area contributed by atoms with Gasteiger partial charge in [-0.3, -0.25) is 9.48 Å². The summed E-state index contributed by atoms with van der Waals surface area (Å²) in [7, 11) is 1.93. The van der Waals surface area contributed by atoms with Crippen molar-refractivity contribution in [1.29, 1.82) is 0 Å². The SMILES string of the molecule is Cn1cc([C@@H]2CN(C(=O)c3cnc4cccnn34)C[C@H]2NCC2CC2)cn1. The Morgan fingerprint density at radius 3 is 2.93 bits per heavy atom. The predicted octanol–water partition coefficient (Wildman–Crippen LogP) is 1.07. The van der Waals surface area contributed by atoms with Crippen LogP contribution in [0.2, 0.25) is 0 Å². The molecule has 8 nitrogen and oxygen atoms in total. The molecule has 140 valence electrons. The van der Waals surface area contributed by atoms with Crippen LogP contribution in [0.4, 0.5) is 0 Å². The van der Waals surface area contributed by atoms with Crippen LogP contribution in [0.25, 0.3) is 5.65 Å². The zero-order valence-corrected chi connectivity index (χ0v) is 15.3. The minimum atomic E-state index is -0.0224. The van der Waals surface area contributed by atoms with E-state index in [4.69, 9.17) is 0 Å². The zero-order chi connectivity index (χ0) is 18.4. The van der Waals surface area contributed by atoms with E-state index >= 15 is 0 Å². The fraction of sp³-hybridized carbons (Fsp3) is 0.474. The molecular weight excluding hydrogens is 342 g/mol. The number of carbonyl (C=O) groups excluding carboxylic acids is 1. The molecule has 4 heterocycles. The van der Waals surface area contributed by atoms with Gasteiger partial charge in [0, 0.05) is 44.5 Å². The molecule has 0 unspecified atom stereocenters. The summed E-state index contributed by atoms with van der Waals surface area (Å²) in [5, 5.41) is 12.3. The van der Waals surface area contributed by atoms with Gasteiger partial charge in [0.15, 0.2) is 11.3 Å². The van der Waals surface area contributed by atoms with E-state index in [-0.39, 0.29) is 17.9 Å². The van der Waals surface area contributed by atoms with Crippen molar-refractivity contribution in [3.8, 4) is 0 Å². The van der Waals surface area contributed by atoms with Gasteiger partial charge in [0.2, 0.25) is 0 Å². The van der Waals surface area contributed by atoms with E-state index in [9.17, 15) is 4.79 Å². The lowest BCUT2D eigenvalue weighted by Crippen LogP contribution is -2.38. The first kappa shape index (κ1) is 16.4. The lowest BCUT2D eigenvalue weighted by Gasteiger charge is -2.18. The van der Waals surface area contributed by atoms with E-state index in [0.717, 1.165) is 12.5 Å². The smallest absolute Gasteiger partial charge is 0.274 e. The minimum Gasteiger partial charge on any atom is -0.335 e. The minimum absolute atomic E-state index is 0.0224. The van der Waals surface area contributed by atoms with Crippen LogP contribution in [0.1, 0.15) is 34.8 Å². The first-order valence-electron chi connectivity index (χ1n) is 9.49. The van der Waals surface area contributed by atoms with Crippen molar-refractivity contribution >= 4 is 11.6 Å². The molecule has 2 atom stereocenters. The van der Waals surface area contributed by atoms with E-state index in [2.05, 4.69) is 26.7 Å². The van der Waals surface area contributed by atoms with Crippen molar-refractivity contribution < 1.29 is 4.79 Å². The number of nitrogens with one attached hydrogen (secondary N) is 1. The normalized spacial score (nSPS) is 22.6. The Morgan fingerprint density at radius 2 is 2.15 bits per heavy atom. The summed E-state index contributed by atoms with van der Waals surface area (Å²) in [6.45, 7) is 2.39. The van der Waals surface area contributed by atoms with Crippen LogP contribution >= 0.6 is 0 Å². The van der Waals surface area contributed by atoms with Crippen LogP contribution in [-0.2, 0) is 7.05 Å². The van der Waals surface area contributed by atoms with Gasteiger partial charge >= 0.3 is 0 Å². The first-order valence-corrected chi connectivity index (χ1v) is 9.49. The second kappa shape index (κ2) is 6.45.